The Labute approximate surface area is 326 Å². The largest absolute Gasteiger partial charge is 0.508 e. The van der Waals surface area contributed by atoms with Gasteiger partial charge in [0, 0.05) is 21.7 Å². The second kappa shape index (κ2) is 21.1. The second-order valence-electron chi connectivity index (χ2n) is 11.7. The van der Waals surface area contributed by atoms with Crippen LogP contribution in [-0.4, -0.2) is 20.4 Å². The van der Waals surface area contributed by atoms with Crippen LogP contribution in [0.5, 0.6) is 23.0 Å². The van der Waals surface area contributed by atoms with Gasteiger partial charge in [0.25, 0.3) is 0 Å². The first kappa shape index (κ1) is 39.5. The van der Waals surface area contributed by atoms with Crippen LogP contribution in [0, 0.1) is 0 Å². The summed E-state index contributed by atoms with van der Waals surface area (Å²) >= 11 is 0. The molecule has 8 rings (SSSR count). The Morgan fingerprint density at radius 3 is 0.453 bits per heavy atom. The zero-order valence-corrected chi connectivity index (χ0v) is 30.6. The minimum Gasteiger partial charge on any atom is -0.508 e. The van der Waals surface area contributed by atoms with Crippen molar-refractivity contribution in [2.24, 2.45) is 0 Å². The summed E-state index contributed by atoms with van der Waals surface area (Å²) < 4.78 is 0. The molecule has 0 atom stereocenters. The number of hydrogen-bond acceptors (Lipinski definition) is 4. The Hall–Kier alpha value is -6.33. The molecule has 0 aromatic heterocycles. The predicted molar refractivity (Wildman–Crippen MR) is 214 cm³/mol. The van der Waals surface area contributed by atoms with E-state index in [1.54, 1.807) is 48.5 Å². The van der Waals surface area contributed by atoms with Crippen molar-refractivity contribution in [2.75, 3.05) is 0 Å². The number of phenolic OH excluding ortho intramolecular Hbond substituents is 4. The number of rotatable bonds is 4. The predicted octanol–water partition coefficient (Wildman–Crippen LogP) is 12.2. The maximum Gasteiger partial charge on any atom is 0.115 e. The topological polar surface area (TPSA) is 80.9 Å². The van der Waals surface area contributed by atoms with Gasteiger partial charge < -0.3 is 20.4 Å². The molecule has 0 saturated heterocycles. The van der Waals surface area contributed by atoms with Crippen molar-refractivity contribution in [3.8, 4) is 67.5 Å². The van der Waals surface area contributed by atoms with E-state index in [9.17, 15) is 0 Å². The Bertz CT molecular complexity index is 1830. The van der Waals surface area contributed by atoms with E-state index in [2.05, 4.69) is 0 Å². The standard InChI is InChI=1S/4C12H10O.Ti/c4*13-12-8-6-11(7-9-12)10-4-2-1-3-5-10;/h4*1-9,13H;. The second-order valence-corrected chi connectivity index (χ2v) is 11.7. The summed E-state index contributed by atoms with van der Waals surface area (Å²) in [5, 5.41) is 36.4. The first-order valence-corrected chi connectivity index (χ1v) is 16.8. The van der Waals surface area contributed by atoms with E-state index in [0.717, 1.165) is 22.3 Å². The third kappa shape index (κ3) is 13.1. The van der Waals surface area contributed by atoms with Gasteiger partial charge in [-0.1, -0.05) is 170 Å². The van der Waals surface area contributed by atoms with E-state index in [1.165, 1.54) is 22.3 Å². The maximum absolute atomic E-state index is 9.10. The molecule has 0 fully saturated rings. The van der Waals surface area contributed by atoms with E-state index in [4.69, 9.17) is 20.4 Å². The molecule has 260 valence electrons. The smallest absolute Gasteiger partial charge is 0.115 e. The average Bonchev–Trinajstić information content (AvgIpc) is 3.21. The summed E-state index contributed by atoms with van der Waals surface area (Å²) in [5.74, 6) is 1.22. The van der Waals surface area contributed by atoms with E-state index in [-0.39, 0.29) is 21.7 Å². The minimum absolute atomic E-state index is 0. The molecule has 0 saturated carbocycles. The molecule has 0 radical (unpaired) electrons. The minimum atomic E-state index is 0. The van der Waals surface area contributed by atoms with Gasteiger partial charge in [-0.2, -0.15) is 0 Å². The fourth-order valence-electron chi connectivity index (χ4n) is 5.14. The molecule has 8 aromatic carbocycles. The molecule has 0 unspecified atom stereocenters. The normalized spacial score (nSPS) is 9.66. The zero-order chi connectivity index (χ0) is 36.4. The van der Waals surface area contributed by atoms with Crippen molar-refractivity contribution < 1.29 is 42.1 Å². The molecule has 4 N–H and O–H groups in total. The van der Waals surface area contributed by atoms with Crippen LogP contribution >= 0.6 is 0 Å². The third-order valence-corrected chi connectivity index (χ3v) is 7.90. The Balaban J connectivity index is 0.000000157. The van der Waals surface area contributed by atoms with Gasteiger partial charge in [0.05, 0.1) is 0 Å². The number of hydrogen-bond donors (Lipinski definition) is 4. The summed E-state index contributed by atoms with van der Waals surface area (Å²) in [7, 11) is 0. The van der Waals surface area contributed by atoms with Crippen LogP contribution in [0.4, 0.5) is 0 Å². The van der Waals surface area contributed by atoms with Crippen LogP contribution in [0.2, 0.25) is 0 Å². The molecule has 0 bridgehead atoms. The van der Waals surface area contributed by atoms with Crippen LogP contribution in [0.15, 0.2) is 218 Å². The average molecular weight is 729 g/mol. The first-order chi connectivity index (χ1) is 25.4. The fraction of sp³-hybridized carbons (Fsp3) is 0. The van der Waals surface area contributed by atoms with Gasteiger partial charge >= 0.3 is 0 Å². The van der Waals surface area contributed by atoms with Crippen LogP contribution < -0.4 is 0 Å². The molecule has 53 heavy (non-hydrogen) atoms. The van der Waals surface area contributed by atoms with E-state index >= 15 is 0 Å². The van der Waals surface area contributed by atoms with Gasteiger partial charge in [-0.25, -0.2) is 0 Å². The van der Waals surface area contributed by atoms with E-state index in [0.29, 0.717) is 23.0 Å². The van der Waals surface area contributed by atoms with Crippen molar-refractivity contribution in [1.82, 2.24) is 0 Å². The van der Waals surface area contributed by atoms with Crippen LogP contribution in [0.3, 0.4) is 0 Å². The van der Waals surface area contributed by atoms with Gasteiger partial charge in [-0.15, -0.1) is 0 Å². The third-order valence-electron chi connectivity index (χ3n) is 7.90. The molecule has 5 heteroatoms. The first-order valence-electron chi connectivity index (χ1n) is 16.8. The molecule has 0 aliphatic carbocycles. The van der Waals surface area contributed by atoms with Gasteiger partial charge in [-0.3, -0.25) is 0 Å². The summed E-state index contributed by atoms with van der Waals surface area (Å²) in [6.07, 6.45) is 0. The van der Waals surface area contributed by atoms with Crippen LogP contribution in [-0.2, 0) is 21.7 Å². The van der Waals surface area contributed by atoms with Crippen molar-refractivity contribution in [3.63, 3.8) is 0 Å². The van der Waals surface area contributed by atoms with Crippen molar-refractivity contribution in [2.45, 2.75) is 0 Å². The fourth-order valence-corrected chi connectivity index (χ4v) is 5.14. The van der Waals surface area contributed by atoms with Gasteiger partial charge in [-0.05, 0) is 93.0 Å². The molecule has 0 heterocycles. The Morgan fingerprint density at radius 1 is 0.170 bits per heavy atom. The van der Waals surface area contributed by atoms with Crippen molar-refractivity contribution in [3.05, 3.63) is 218 Å². The number of benzene rings is 8. The van der Waals surface area contributed by atoms with Gasteiger partial charge in [0.1, 0.15) is 23.0 Å². The van der Waals surface area contributed by atoms with E-state index < -0.39 is 0 Å². The van der Waals surface area contributed by atoms with Gasteiger partial charge in [0.15, 0.2) is 0 Å². The molecule has 0 amide bonds. The maximum atomic E-state index is 9.10. The Morgan fingerprint density at radius 2 is 0.302 bits per heavy atom. The van der Waals surface area contributed by atoms with Gasteiger partial charge in [0.2, 0.25) is 0 Å². The molecular weight excluding hydrogens is 688 g/mol. The molecule has 0 aliphatic heterocycles. The summed E-state index contributed by atoms with van der Waals surface area (Å²) in [4.78, 5) is 0. The van der Waals surface area contributed by atoms with E-state index in [1.807, 2.05) is 170 Å². The summed E-state index contributed by atoms with van der Waals surface area (Å²) in [6.45, 7) is 0. The van der Waals surface area contributed by atoms with Crippen LogP contribution in [0.25, 0.3) is 44.5 Å². The van der Waals surface area contributed by atoms with Crippen LogP contribution in [0.1, 0.15) is 0 Å². The van der Waals surface area contributed by atoms with Crippen molar-refractivity contribution in [1.29, 1.82) is 0 Å². The molecule has 0 aliphatic rings. The summed E-state index contributed by atoms with van der Waals surface area (Å²) in [6, 6.07) is 69.2. The SMILES string of the molecule is Oc1ccc(-c2ccccc2)cc1.Oc1ccc(-c2ccccc2)cc1.Oc1ccc(-c2ccccc2)cc1.Oc1ccc(-c2ccccc2)cc1.[Ti]. The summed E-state index contributed by atoms with van der Waals surface area (Å²) in [5.41, 5.74) is 9.17. The quantitative estimate of drug-likeness (QED) is 0.136. The number of aromatic hydroxyl groups is 4. The zero-order valence-electron chi connectivity index (χ0n) is 29.1. The number of phenols is 4. The molecule has 8 aromatic rings. The van der Waals surface area contributed by atoms with Crippen molar-refractivity contribution >= 4 is 0 Å². The molecule has 0 spiro atoms. The monoisotopic (exact) mass is 728 g/mol. The molecular formula is C48H40O4Ti. The molecule has 4 nitrogen and oxygen atoms in total. The Kier molecular flexibility index (Phi) is 15.7.